The van der Waals surface area contributed by atoms with Crippen LogP contribution in [0.1, 0.15) is 49.6 Å². The van der Waals surface area contributed by atoms with Crippen molar-refractivity contribution in [3.8, 4) is 5.88 Å². The Balaban J connectivity index is 0.931. The minimum Gasteiger partial charge on any atom is -0.478 e. The fourth-order valence-electron chi connectivity index (χ4n) is 8.71. The number of benzene rings is 1. The molecule has 1 amide bonds. The molecule has 1 aliphatic carbocycles. The maximum Gasteiger partial charge on any atom is 0.256 e. The second-order valence-electron chi connectivity index (χ2n) is 17.2. The van der Waals surface area contributed by atoms with Crippen LogP contribution in [0.15, 0.2) is 49.1 Å². The van der Waals surface area contributed by atoms with E-state index >= 15 is 4.39 Å². The van der Waals surface area contributed by atoms with Gasteiger partial charge >= 0.3 is 0 Å². The number of aromatic amines is 1. The molecule has 21 heteroatoms. The highest BCUT2D eigenvalue weighted by atomic mass is 19.1. The van der Waals surface area contributed by atoms with Gasteiger partial charge in [-0.2, -0.15) is 29.5 Å². The number of ether oxygens (including phenoxy) is 1. The number of hydrogen-bond donors (Lipinski definition) is 4. The monoisotopic (exact) mass is 858 g/mol. The van der Waals surface area contributed by atoms with Gasteiger partial charge < -0.3 is 44.9 Å². The summed E-state index contributed by atoms with van der Waals surface area (Å²) in [5, 5.41) is 19.0. The molecule has 3 aliphatic rings. The van der Waals surface area contributed by atoms with Gasteiger partial charge in [-0.1, -0.05) is 12.6 Å². The van der Waals surface area contributed by atoms with Crippen LogP contribution in [-0.2, 0) is 25.4 Å². The molecule has 7 aromatic rings. The number of amides is 1. The van der Waals surface area contributed by atoms with Crippen LogP contribution in [0.5, 0.6) is 5.88 Å². The Morgan fingerprint density at radius 2 is 1.78 bits per heavy atom. The van der Waals surface area contributed by atoms with Crippen LogP contribution in [0.3, 0.4) is 0 Å². The van der Waals surface area contributed by atoms with Crippen LogP contribution in [0, 0.1) is 6.92 Å². The van der Waals surface area contributed by atoms with Gasteiger partial charge in [0.1, 0.15) is 17.7 Å². The Bertz CT molecular complexity index is 2870. The van der Waals surface area contributed by atoms with Gasteiger partial charge in [-0.15, -0.1) is 5.10 Å². The Morgan fingerprint density at radius 3 is 2.56 bits per heavy atom. The number of anilines is 5. The number of hydrogen-bond acceptors (Lipinski definition) is 15. The highest BCUT2D eigenvalue weighted by Crippen LogP contribution is 2.42. The summed E-state index contributed by atoms with van der Waals surface area (Å²) in [7, 11) is 5.15. The number of methoxy groups -OCH3 is 1. The molecule has 2 aliphatic heterocycles. The van der Waals surface area contributed by atoms with E-state index in [9.17, 15) is 4.79 Å². The molecule has 0 spiro atoms. The van der Waals surface area contributed by atoms with Crippen molar-refractivity contribution in [1.29, 1.82) is 0 Å². The Hall–Kier alpha value is -6.90. The van der Waals surface area contributed by atoms with Gasteiger partial charge in [-0.05, 0) is 57.2 Å². The zero-order valence-corrected chi connectivity index (χ0v) is 36.2. The van der Waals surface area contributed by atoms with Crippen LogP contribution in [-0.4, -0.2) is 129 Å². The van der Waals surface area contributed by atoms with Crippen molar-refractivity contribution in [2.24, 2.45) is 14.1 Å². The second-order valence-corrected chi connectivity index (χ2v) is 17.2. The van der Waals surface area contributed by atoms with E-state index in [0.717, 1.165) is 53.7 Å². The highest BCUT2D eigenvalue weighted by molar-refractivity contribution is 5.94. The molecule has 3 fully saturated rings. The number of alkyl halides is 1. The molecule has 0 unspecified atom stereocenters. The number of imidazole rings is 2. The number of carbonyl (C=O) groups excluding carboxylic acids is 1. The van der Waals surface area contributed by atoms with Crippen LogP contribution in [0.2, 0.25) is 0 Å². The maximum atomic E-state index is 16.0. The van der Waals surface area contributed by atoms with Gasteiger partial charge in [0.15, 0.2) is 22.6 Å². The lowest BCUT2D eigenvalue weighted by Gasteiger charge is -2.36. The number of aromatic nitrogens is 12. The van der Waals surface area contributed by atoms with E-state index in [1.807, 2.05) is 37.2 Å². The average Bonchev–Trinajstić information content (AvgIpc) is 3.55. The first-order chi connectivity index (χ1) is 30.4. The largest absolute Gasteiger partial charge is 0.478 e. The predicted molar refractivity (Wildman–Crippen MR) is 236 cm³/mol. The van der Waals surface area contributed by atoms with Crippen molar-refractivity contribution in [2.45, 2.75) is 70.4 Å². The summed E-state index contributed by atoms with van der Waals surface area (Å²) in [6, 6.07) is 5.65. The standard InChI is InChI=1S/C42H51FN18O2/c1-22-8-11-29-30(12-22)48-33(47-29)20-60(42-54-41(58-15-24(3)46-25(4)16-58)52-36-27(26-9-10-26)13-45-61(36)42)14-23(2)38(62)50-31-19-59(17-28(31)43)40-51-35(34-37(53-40)56(5)21-44-34)49-32-18-57(6)55-39(32)63-7/h8,11-13,18,21,24-26,28,31,46H,2,9-10,14-17,19-20H2,1,3-7H3,(H,47,48)(H,50,62)(H,49,51,53)/t24-,25+,28-,31-/m1/s1. The number of nitrogens with zero attached hydrogens (tertiary/aromatic N) is 14. The number of halogens is 1. The summed E-state index contributed by atoms with van der Waals surface area (Å²) >= 11 is 0. The minimum absolute atomic E-state index is 0.0400. The third-order valence-corrected chi connectivity index (χ3v) is 11.9. The normalized spacial score (nSPS) is 20.3. The first-order valence-corrected chi connectivity index (χ1v) is 21.3. The SMILES string of the molecule is C=C(CN(Cc1nc2ccc(C)cc2[nH]1)c1nc(N2C[C@@H](C)N[C@@H](C)C2)nc2c(C3CC3)cnn12)C(=O)N[C@@H]1CN(c2nc(Nc3cn(C)nc3OC)c3ncn(C)c3n2)C[C@H]1F. The number of aryl methyl sites for hydroxylation is 3. The van der Waals surface area contributed by atoms with Gasteiger partial charge in [-0.25, -0.2) is 14.4 Å². The first kappa shape index (κ1) is 40.2. The third kappa shape index (κ3) is 7.80. The lowest BCUT2D eigenvalue weighted by atomic mass is 10.1. The maximum absolute atomic E-state index is 16.0. The Labute approximate surface area is 362 Å². The average molecular weight is 859 g/mol. The molecule has 0 bridgehead atoms. The van der Waals surface area contributed by atoms with Crippen LogP contribution in [0.4, 0.5) is 33.7 Å². The van der Waals surface area contributed by atoms with E-state index in [-0.39, 0.29) is 49.8 Å². The van der Waals surface area contributed by atoms with E-state index in [4.69, 9.17) is 34.8 Å². The van der Waals surface area contributed by atoms with Crippen molar-refractivity contribution >= 4 is 63.1 Å². The van der Waals surface area contributed by atoms with Crippen LogP contribution >= 0.6 is 0 Å². The molecule has 328 valence electrons. The number of carbonyl (C=O) groups is 1. The summed E-state index contributed by atoms with van der Waals surface area (Å²) in [4.78, 5) is 52.8. The Kier molecular flexibility index (Phi) is 10.1. The van der Waals surface area contributed by atoms with E-state index in [1.165, 1.54) is 7.11 Å². The van der Waals surface area contributed by atoms with Crippen LogP contribution in [0.25, 0.3) is 27.8 Å². The molecule has 4 N–H and O–H groups in total. The van der Waals surface area contributed by atoms with E-state index in [0.29, 0.717) is 52.2 Å². The number of fused-ring (bicyclic) bond motifs is 3. The van der Waals surface area contributed by atoms with Crippen molar-refractivity contribution in [3.63, 3.8) is 0 Å². The minimum atomic E-state index is -1.42. The third-order valence-electron chi connectivity index (χ3n) is 11.9. The first-order valence-electron chi connectivity index (χ1n) is 21.3. The summed E-state index contributed by atoms with van der Waals surface area (Å²) in [5.74, 6) is 2.72. The quantitative estimate of drug-likeness (QED) is 0.123. The molecule has 20 nitrogen and oxygen atoms in total. The molecule has 1 saturated carbocycles. The molecule has 4 atom stereocenters. The molecular formula is C42H51FN18O2. The lowest BCUT2D eigenvalue weighted by Crippen LogP contribution is -2.54. The van der Waals surface area contributed by atoms with Crippen molar-refractivity contribution in [1.82, 2.24) is 69.5 Å². The number of H-pyrrole nitrogens is 1. The Morgan fingerprint density at radius 1 is 1.02 bits per heavy atom. The van der Waals surface area contributed by atoms with E-state index in [2.05, 4.69) is 62.4 Å². The van der Waals surface area contributed by atoms with Gasteiger partial charge in [0.2, 0.25) is 23.8 Å². The molecular weight excluding hydrogens is 808 g/mol. The van der Waals surface area contributed by atoms with Gasteiger partial charge in [-0.3, -0.25) is 9.48 Å². The molecule has 2 saturated heterocycles. The predicted octanol–water partition coefficient (Wildman–Crippen LogP) is 3.44. The fraction of sp³-hybridized carbons (Fsp3) is 0.452. The van der Waals surface area contributed by atoms with Crippen LogP contribution < -0.4 is 35.4 Å². The number of nitrogens with one attached hydrogen (secondary N) is 4. The zero-order valence-electron chi connectivity index (χ0n) is 36.2. The van der Waals surface area contributed by atoms with E-state index < -0.39 is 18.1 Å². The summed E-state index contributed by atoms with van der Waals surface area (Å²) < 4.78 is 26.6. The van der Waals surface area contributed by atoms with Gasteiger partial charge in [0.25, 0.3) is 5.88 Å². The number of rotatable bonds is 13. The van der Waals surface area contributed by atoms with E-state index in [1.54, 1.807) is 38.2 Å². The van der Waals surface area contributed by atoms with Crippen molar-refractivity contribution < 1.29 is 13.9 Å². The fourth-order valence-corrected chi connectivity index (χ4v) is 8.71. The lowest BCUT2D eigenvalue weighted by molar-refractivity contribution is -0.118. The summed E-state index contributed by atoms with van der Waals surface area (Å²) in [6.07, 6.45) is 6.03. The van der Waals surface area contributed by atoms with Gasteiger partial charge in [0.05, 0.1) is 62.5 Å². The highest BCUT2D eigenvalue weighted by Gasteiger charge is 2.37. The van der Waals surface area contributed by atoms with Crippen molar-refractivity contribution in [2.75, 3.05) is 59.9 Å². The molecule has 6 aromatic heterocycles. The molecule has 10 rings (SSSR count). The number of piperazine rings is 1. The van der Waals surface area contributed by atoms with Crippen molar-refractivity contribution in [3.05, 3.63) is 66.0 Å². The summed E-state index contributed by atoms with van der Waals surface area (Å²) in [5.41, 5.74) is 6.52. The molecule has 0 radical (unpaired) electrons. The van der Waals surface area contributed by atoms with Gasteiger partial charge in [0, 0.05) is 56.9 Å². The molecule has 8 heterocycles. The summed E-state index contributed by atoms with van der Waals surface area (Å²) in [6.45, 7) is 12.4. The second kappa shape index (κ2) is 15.8. The molecule has 63 heavy (non-hydrogen) atoms. The topological polar surface area (TPSA) is 205 Å². The molecule has 1 aromatic carbocycles. The smallest absolute Gasteiger partial charge is 0.256 e. The zero-order chi connectivity index (χ0) is 43.7.